The van der Waals surface area contributed by atoms with Crippen molar-refractivity contribution in [1.29, 1.82) is 0 Å². The molecule has 1 aromatic rings. The topological polar surface area (TPSA) is 46.0 Å². The van der Waals surface area contributed by atoms with Crippen LogP contribution in [0.1, 0.15) is 24.6 Å². The van der Waals surface area contributed by atoms with E-state index in [1.807, 2.05) is 0 Å². The van der Waals surface area contributed by atoms with Crippen LogP contribution in [0.3, 0.4) is 0 Å². The van der Waals surface area contributed by atoms with Gasteiger partial charge in [0, 0.05) is 12.0 Å². The van der Waals surface area contributed by atoms with E-state index in [1.165, 1.54) is 6.07 Å². The van der Waals surface area contributed by atoms with E-state index in [4.69, 9.17) is 28.3 Å². The predicted molar refractivity (Wildman–Crippen MR) is 50.0 cm³/mol. The van der Waals surface area contributed by atoms with Gasteiger partial charge in [0.15, 0.2) is 0 Å². The van der Waals surface area contributed by atoms with Crippen LogP contribution in [0.25, 0.3) is 0 Å². The minimum atomic E-state index is -0.216. The fourth-order valence-electron chi connectivity index (χ4n) is 1.39. The van der Waals surface area contributed by atoms with E-state index in [0.29, 0.717) is 29.0 Å². The Morgan fingerprint density at radius 1 is 1.23 bits per heavy atom. The summed E-state index contributed by atoms with van der Waals surface area (Å²) in [5.74, 6) is 0.856. The van der Waals surface area contributed by atoms with E-state index in [9.17, 15) is 0 Å². The van der Waals surface area contributed by atoms with Gasteiger partial charge in [0.25, 0.3) is 0 Å². The highest BCUT2D eigenvalue weighted by Crippen LogP contribution is 2.35. The second kappa shape index (κ2) is 3.40. The van der Waals surface area contributed by atoms with Gasteiger partial charge in [0.1, 0.15) is 16.1 Å². The summed E-state index contributed by atoms with van der Waals surface area (Å²) in [5.41, 5.74) is 0. The van der Waals surface area contributed by atoms with E-state index in [0.717, 1.165) is 0 Å². The zero-order valence-electron chi connectivity index (χ0n) is 6.74. The molecule has 0 atom stereocenters. The van der Waals surface area contributed by atoms with E-state index in [2.05, 4.69) is 9.97 Å². The van der Waals surface area contributed by atoms with E-state index in [1.54, 1.807) is 0 Å². The highest BCUT2D eigenvalue weighted by Gasteiger charge is 2.31. The average molecular weight is 219 g/mol. The molecule has 0 radical (unpaired) electrons. The second-order valence-electron chi connectivity index (χ2n) is 3.19. The summed E-state index contributed by atoms with van der Waals surface area (Å²) in [6, 6.07) is 1.50. The van der Waals surface area contributed by atoms with Gasteiger partial charge in [0.05, 0.1) is 6.10 Å². The third-order valence-corrected chi connectivity index (χ3v) is 2.55. The van der Waals surface area contributed by atoms with Crippen molar-refractivity contribution >= 4 is 23.2 Å². The average Bonchev–Trinajstić information content (AvgIpc) is 1.96. The smallest absolute Gasteiger partial charge is 0.135 e. The van der Waals surface area contributed by atoms with Crippen LogP contribution in [0.4, 0.5) is 0 Å². The molecule has 1 N–H and O–H groups in total. The molecule has 1 aliphatic carbocycles. The van der Waals surface area contributed by atoms with Crippen molar-refractivity contribution in [2.45, 2.75) is 24.9 Å². The molecule has 3 nitrogen and oxygen atoms in total. The minimum absolute atomic E-state index is 0.214. The molecule has 0 amide bonds. The quantitative estimate of drug-likeness (QED) is 0.735. The van der Waals surface area contributed by atoms with Gasteiger partial charge in [-0.25, -0.2) is 9.97 Å². The third kappa shape index (κ3) is 1.93. The first-order valence-corrected chi connectivity index (χ1v) is 4.79. The lowest BCUT2D eigenvalue weighted by atomic mass is 9.82. The number of nitrogens with zero attached hydrogens (tertiary/aromatic N) is 2. The van der Waals surface area contributed by atoms with Crippen LogP contribution >= 0.6 is 23.2 Å². The maximum atomic E-state index is 9.10. The molecular weight excluding hydrogens is 211 g/mol. The molecule has 0 saturated heterocycles. The standard InChI is InChI=1S/C8H8Cl2N2O/c9-6-3-7(10)12-8(11-6)4-1-5(13)2-4/h3-5,13H,1-2H2. The van der Waals surface area contributed by atoms with Gasteiger partial charge in [-0.2, -0.15) is 0 Å². The van der Waals surface area contributed by atoms with Crippen molar-refractivity contribution in [3.8, 4) is 0 Å². The largest absolute Gasteiger partial charge is 0.393 e. The molecule has 1 heterocycles. The molecule has 0 aliphatic heterocycles. The molecule has 0 spiro atoms. The first kappa shape index (κ1) is 9.19. The fourth-order valence-corrected chi connectivity index (χ4v) is 1.82. The molecular formula is C8H8Cl2N2O. The molecule has 2 rings (SSSR count). The summed E-state index contributed by atoms with van der Waals surface area (Å²) in [6.45, 7) is 0. The monoisotopic (exact) mass is 218 g/mol. The fraction of sp³-hybridized carbons (Fsp3) is 0.500. The summed E-state index contributed by atoms with van der Waals surface area (Å²) in [7, 11) is 0. The Bertz CT molecular complexity index is 306. The number of aliphatic hydroxyl groups is 1. The summed E-state index contributed by atoms with van der Waals surface area (Å²) >= 11 is 11.4. The van der Waals surface area contributed by atoms with Crippen LogP contribution < -0.4 is 0 Å². The van der Waals surface area contributed by atoms with Crippen molar-refractivity contribution < 1.29 is 5.11 Å². The van der Waals surface area contributed by atoms with Crippen LogP contribution in [0.15, 0.2) is 6.07 Å². The Morgan fingerprint density at radius 3 is 2.23 bits per heavy atom. The summed E-state index contributed by atoms with van der Waals surface area (Å²) in [6.07, 6.45) is 1.19. The second-order valence-corrected chi connectivity index (χ2v) is 3.97. The van der Waals surface area contributed by atoms with Crippen LogP contribution in [0.5, 0.6) is 0 Å². The summed E-state index contributed by atoms with van der Waals surface area (Å²) < 4.78 is 0. The first-order chi connectivity index (χ1) is 6.15. The van der Waals surface area contributed by atoms with E-state index >= 15 is 0 Å². The van der Waals surface area contributed by atoms with Crippen LogP contribution in [-0.2, 0) is 0 Å². The van der Waals surface area contributed by atoms with Gasteiger partial charge in [-0.15, -0.1) is 0 Å². The zero-order chi connectivity index (χ0) is 9.42. The van der Waals surface area contributed by atoms with Gasteiger partial charge in [0.2, 0.25) is 0 Å². The highest BCUT2D eigenvalue weighted by molar-refractivity contribution is 6.33. The number of rotatable bonds is 1. The maximum absolute atomic E-state index is 9.10. The Labute approximate surface area is 85.7 Å². The number of halogens is 2. The van der Waals surface area contributed by atoms with E-state index in [-0.39, 0.29) is 12.0 Å². The number of hydrogen-bond acceptors (Lipinski definition) is 3. The lowest BCUT2D eigenvalue weighted by Gasteiger charge is -2.29. The van der Waals surface area contributed by atoms with E-state index < -0.39 is 0 Å². The Kier molecular flexibility index (Phi) is 2.41. The van der Waals surface area contributed by atoms with Crippen molar-refractivity contribution in [2.75, 3.05) is 0 Å². The molecule has 5 heteroatoms. The number of hydrogen-bond donors (Lipinski definition) is 1. The van der Waals surface area contributed by atoms with Gasteiger partial charge >= 0.3 is 0 Å². The van der Waals surface area contributed by atoms with Crippen LogP contribution in [0, 0.1) is 0 Å². The van der Waals surface area contributed by atoms with Crippen molar-refractivity contribution in [1.82, 2.24) is 9.97 Å². The van der Waals surface area contributed by atoms with Crippen LogP contribution in [-0.4, -0.2) is 21.2 Å². The molecule has 0 aromatic carbocycles. The lowest BCUT2D eigenvalue weighted by molar-refractivity contribution is 0.0716. The molecule has 13 heavy (non-hydrogen) atoms. The van der Waals surface area contributed by atoms with Gasteiger partial charge < -0.3 is 5.11 Å². The SMILES string of the molecule is OC1CC(c2nc(Cl)cc(Cl)n2)C1. The highest BCUT2D eigenvalue weighted by atomic mass is 35.5. The molecule has 0 unspecified atom stereocenters. The molecule has 1 saturated carbocycles. The van der Waals surface area contributed by atoms with Crippen LogP contribution in [0.2, 0.25) is 10.3 Å². The predicted octanol–water partition coefficient (Wildman–Crippen LogP) is 2.02. The number of aliphatic hydroxyl groups excluding tert-OH is 1. The molecule has 1 aromatic heterocycles. The van der Waals surface area contributed by atoms with Crippen molar-refractivity contribution in [3.05, 3.63) is 22.2 Å². The van der Waals surface area contributed by atoms with Gasteiger partial charge in [-0.3, -0.25) is 0 Å². The number of aromatic nitrogens is 2. The Morgan fingerprint density at radius 2 is 1.77 bits per heavy atom. The molecule has 1 aliphatic rings. The summed E-state index contributed by atoms with van der Waals surface area (Å²) in [5, 5.41) is 9.81. The van der Waals surface area contributed by atoms with Gasteiger partial charge in [-0.05, 0) is 12.8 Å². The molecule has 70 valence electrons. The molecule has 0 bridgehead atoms. The summed E-state index contributed by atoms with van der Waals surface area (Å²) in [4.78, 5) is 8.10. The minimum Gasteiger partial charge on any atom is -0.393 e. The maximum Gasteiger partial charge on any atom is 0.135 e. The lowest BCUT2D eigenvalue weighted by Crippen LogP contribution is -2.27. The molecule has 1 fully saturated rings. The normalized spacial score (nSPS) is 27.0. The van der Waals surface area contributed by atoms with Gasteiger partial charge in [-0.1, -0.05) is 23.2 Å². The Hall–Kier alpha value is -0.380. The Balaban J connectivity index is 2.21. The van der Waals surface area contributed by atoms with Crippen molar-refractivity contribution in [2.24, 2.45) is 0 Å². The van der Waals surface area contributed by atoms with Crippen molar-refractivity contribution in [3.63, 3.8) is 0 Å². The zero-order valence-corrected chi connectivity index (χ0v) is 8.26. The first-order valence-electron chi connectivity index (χ1n) is 4.03. The third-order valence-electron chi connectivity index (χ3n) is 2.16.